The molecule has 0 atom stereocenters. The number of nitrogens with zero attached hydrogens (tertiary/aromatic N) is 1. The fraction of sp³-hybridized carbons (Fsp3) is 0.286. The summed E-state index contributed by atoms with van der Waals surface area (Å²) in [5.74, 6) is -0.900. The molecular weight excluding hydrogens is 342 g/mol. The summed E-state index contributed by atoms with van der Waals surface area (Å²) in [5.41, 5.74) is 7.80. The molecule has 3 N–H and O–H groups in total. The number of aryl methyl sites for hydroxylation is 1. The minimum atomic E-state index is -0.312. The first-order valence-electron chi connectivity index (χ1n) is 9.01. The van der Waals surface area contributed by atoms with E-state index in [1.165, 1.54) is 0 Å². The lowest BCUT2D eigenvalue weighted by Gasteiger charge is -2.31. The van der Waals surface area contributed by atoms with E-state index < -0.39 is 0 Å². The average Bonchev–Trinajstić information content (AvgIpc) is 2.68. The van der Waals surface area contributed by atoms with Gasteiger partial charge < -0.3 is 16.0 Å². The third-order valence-electron chi connectivity index (χ3n) is 4.87. The smallest absolute Gasteiger partial charge is 0.255 e. The number of piperidine rings is 1. The van der Waals surface area contributed by atoms with Crippen molar-refractivity contribution >= 4 is 23.4 Å². The van der Waals surface area contributed by atoms with Gasteiger partial charge in [0.25, 0.3) is 11.8 Å². The number of primary amides is 1. The van der Waals surface area contributed by atoms with Gasteiger partial charge in [-0.25, -0.2) is 0 Å². The van der Waals surface area contributed by atoms with Crippen molar-refractivity contribution in [1.29, 1.82) is 0 Å². The van der Waals surface area contributed by atoms with E-state index >= 15 is 0 Å². The van der Waals surface area contributed by atoms with Gasteiger partial charge in [-0.1, -0.05) is 29.8 Å². The molecule has 1 heterocycles. The molecule has 1 fully saturated rings. The fourth-order valence-electron chi connectivity index (χ4n) is 3.30. The van der Waals surface area contributed by atoms with Gasteiger partial charge in [-0.15, -0.1) is 0 Å². The van der Waals surface area contributed by atoms with Crippen molar-refractivity contribution in [2.24, 2.45) is 11.7 Å². The molecule has 6 heteroatoms. The predicted molar refractivity (Wildman–Crippen MR) is 103 cm³/mol. The standard InChI is InChI=1S/C21H23N3O3/c1-14-5-4-6-16(13-14)20(26)23-18-8-3-2-7-17(18)21(27)24-11-9-15(10-12-24)19(22)25/h2-8,13,15H,9-12H2,1H3,(H2,22,25)(H,23,26). The number of anilines is 1. The topological polar surface area (TPSA) is 92.5 Å². The van der Waals surface area contributed by atoms with Crippen LogP contribution < -0.4 is 11.1 Å². The Kier molecular flexibility index (Phi) is 5.54. The van der Waals surface area contributed by atoms with Crippen molar-refractivity contribution in [3.63, 3.8) is 0 Å². The zero-order chi connectivity index (χ0) is 19.4. The molecule has 140 valence electrons. The number of carbonyl (C=O) groups is 3. The Bertz CT molecular complexity index is 870. The quantitative estimate of drug-likeness (QED) is 0.872. The van der Waals surface area contributed by atoms with Crippen molar-refractivity contribution < 1.29 is 14.4 Å². The lowest BCUT2D eigenvalue weighted by atomic mass is 9.95. The van der Waals surface area contributed by atoms with E-state index in [2.05, 4.69) is 5.32 Å². The molecule has 27 heavy (non-hydrogen) atoms. The number of carbonyl (C=O) groups excluding carboxylic acids is 3. The van der Waals surface area contributed by atoms with Gasteiger partial charge >= 0.3 is 0 Å². The first kappa shape index (κ1) is 18.6. The van der Waals surface area contributed by atoms with Gasteiger partial charge in [0.2, 0.25) is 5.91 Å². The number of amides is 3. The number of nitrogens with one attached hydrogen (secondary N) is 1. The highest BCUT2D eigenvalue weighted by molar-refractivity contribution is 6.09. The van der Waals surface area contributed by atoms with E-state index in [0.717, 1.165) is 5.56 Å². The molecule has 3 amide bonds. The van der Waals surface area contributed by atoms with E-state index in [1.54, 1.807) is 41.3 Å². The average molecular weight is 365 g/mol. The second-order valence-electron chi connectivity index (χ2n) is 6.84. The Morgan fingerprint density at radius 3 is 2.41 bits per heavy atom. The van der Waals surface area contributed by atoms with Crippen LogP contribution in [0, 0.1) is 12.8 Å². The number of nitrogens with two attached hydrogens (primary N) is 1. The molecule has 0 aromatic heterocycles. The summed E-state index contributed by atoms with van der Waals surface area (Å²) in [4.78, 5) is 38.5. The Morgan fingerprint density at radius 1 is 1.04 bits per heavy atom. The van der Waals surface area contributed by atoms with E-state index in [1.807, 2.05) is 19.1 Å². The van der Waals surface area contributed by atoms with Crippen molar-refractivity contribution in [3.8, 4) is 0 Å². The van der Waals surface area contributed by atoms with Crippen LogP contribution >= 0.6 is 0 Å². The molecule has 3 rings (SSSR count). The summed E-state index contributed by atoms with van der Waals surface area (Å²) >= 11 is 0. The molecule has 0 radical (unpaired) electrons. The zero-order valence-corrected chi connectivity index (χ0v) is 15.3. The number of benzene rings is 2. The van der Waals surface area contributed by atoms with Gasteiger partial charge in [0.05, 0.1) is 11.3 Å². The SMILES string of the molecule is Cc1cccc(C(=O)Nc2ccccc2C(=O)N2CCC(C(N)=O)CC2)c1. The highest BCUT2D eigenvalue weighted by Crippen LogP contribution is 2.23. The minimum absolute atomic E-state index is 0.155. The lowest BCUT2D eigenvalue weighted by Crippen LogP contribution is -2.42. The van der Waals surface area contributed by atoms with Crippen LogP contribution in [0.2, 0.25) is 0 Å². The molecule has 0 aliphatic carbocycles. The second kappa shape index (κ2) is 8.03. The Hall–Kier alpha value is -3.15. The summed E-state index contributed by atoms with van der Waals surface area (Å²) in [6.45, 7) is 2.88. The second-order valence-corrected chi connectivity index (χ2v) is 6.84. The molecule has 1 aliphatic rings. The lowest BCUT2D eigenvalue weighted by molar-refractivity contribution is -0.123. The maximum atomic E-state index is 12.9. The molecule has 0 saturated carbocycles. The summed E-state index contributed by atoms with van der Waals surface area (Å²) in [6, 6.07) is 14.3. The number of likely N-dealkylation sites (tertiary alicyclic amines) is 1. The van der Waals surface area contributed by atoms with Crippen LogP contribution in [0.1, 0.15) is 39.1 Å². The predicted octanol–water partition coefficient (Wildman–Crippen LogP) is 2.58. The largest absolute Gasteiger partial charge is 0.369 e. The third kappa shape index (κ3) is 4.34. The molecule has 1 aliphatic heterocycles. The molecule has 6 nitrogen and oxygen atoms in total. The zero-order valence-electron chi connectivity index (χ0n) is 15.3. The molecule has 0 unspecified atom stereocenters. The van der Waals surface area contributed by atoms with Crippen LogP contribution in [0.3, 0.4) is 0 Å². The Labute approximate surface area is 158 Å². The normalized spacial score (nSPS) is 14.6. The van der Waals surface area contributed by atoms with E-state index in [-0.39, 0.29) is 23.6 Å². The van der Waals surface area contributed by atoms with Crippen LogP contribution in [-0.4, -0.2) is 35.7 Å². The van der Waals surface area contributed by atoms with Crippen LogP contribution in [0.15, 0.2) is 48.5 Å². The Balaban J connectivity index is 1.75. The van der Waals surface area contributed by atoms with E-state index in [0.29, 0.717) is 42.7 Å². The summed E-state index contributed by atoms with van der Waals surface area (Å²) in [6.07, 6.45) is 1.14. The highest BCUT2D eigenvalue weighted by Gasteiger charge is 2.27. The molecule has 0 spiro atoms. The summed E-state index contributed by atoms with van der Waals surface area (Å²) in [5, 5.41) is 2.84. The summed E-state index contributed by atoms with van der Waals surface area (Å²) < 4.78 is 0. The maximum absolute atomic E-state index is 12.9. The van der Waals surface area contributed by atoms with Crippen LogP contribution in [-0.2, 0) is 4.79 Å². The molecule has 1 saturated heterocycles. The third-order valence-corrected chi connectivity index (χ3v) is 4.87. The minimum Gasteiger partial charge on any atom is -0.369 e. The maximum Gasteiger partial charge on any atom is 0.255 e. The summed E-state index contributed by atoms with van der Waals surface area (Å²) in [7, 11) is 0. The first-order valence-corrected chi connectivity index (χ1v) is 9.01. The molecule has 2 aromatic carbocycles. The van der Waals surface area contributed by atoms with Crippen LogP contribution in [0.5, 0.6) is 0 Å². The molecule has 2 aromatic rings. The van der Waals surface area contributed by atoms with Crippen molar-refractivity contribution in [1.82, 2.24) is 4.90 Å². The number of rotatable bonds is 4. The van der Waals surface area contributed by atoms with Gasteiger partial charge in [0, 0.05) is 24.6 Å². The van der Waals surface area contributed by atoms with Gasteiger partial charge in [-0.3, -0.25) is 14.4 Å². The monoisotopic (exact) mass is 365 g/mol. The Morgan fingerprint density at radius 2 is 1.74 bits per heavy atom. The van der Waals surface area contributed by atoms with Crippen molar-refractivity contribution in [3.05, 3.63) is 65.2 Å². The number of hydrogen-bond donors (Lipinski definition) is 2. The van der Waals surface area contributed by atoms with Gasteiger partial charge in [0.1, 0.15) is 0 Å². The number of para-hydroxylation sites is 1. The van der Waals surface area contributed by atoms with E-state index in [4.69, 9.17) is 5.73 Å². The van der Waals surface area contributed by atoms with Crippen LogP contribution in [0.25, 0.3) is 0 Å². The van der Waals surface area contributed by atoms with Crippen molar-refractivity contribution in [2.45, 2.75) is 19.8 Å². The fourth-order valence-corrected chi connectivity index (χ4v) is 3.30. The highest BCUT2D eigenvalue weighted by atomic mass is 16.2. The first-order chi connectivity index (χ1) is 13.0. The number of hydrogen-bond acceptors (Lipinski definition) is 3. The van der Waals surface area contributed by atoms with Gasteiger partial charge in [-0.2, -0.15) is 0 Å². The van der Waals surface area contributed by atoms with E-state index in [9.17, 15) is 14.4 Å². The van der Waals surface area contributed by atoms with Crippen molar-refractivity contribution in [2.75, 3.05) is 18.4 Å². The van der Waals surface area contributed by atoms with Crippen LogP contribution in [0.4, 0.5) is 5.69 Å². The van der Waals surface area contributed by atoms with Gasteiger partial charge in [0.15, 0.2) is 0 Å². The molecule has 0 bridgehead atoms. The molecular formula is C21H23N3O3. The van der Waals surface area contributed by atoms with Gasteiger partial charge in [-0.05, 0) is 44.0 Å².